The van der Waals surface area contributed by atoms with Crippen molar-refractivity contribution < 1.29 is 18.3 Å². The molecule has 0 spiro atoms. The van der Waals surface area contributed by atoms with Crippen LogP contribution >= 0.6 is 0 Å². The maximum Gasteiger partial charge on any atom is 0.251 e. The number of amides is 1. The Kier molecular flexibility index (Phi) is 5.16. The van der Waals surface area contributed by atoms with E-state index in [-0.39, 0.29) is 17.3 Å². The third-order valence-corrected chi connectivity index (χ3v) is 5.99. The standard InChI is InChI=1S/C16H20N4O4S/c21-14-6-8-20(10-14)25(23,24)15-3-1-12(2-4-15)16(22)18-7-5-13-9-17-11-19-13/h1-4,9,11,14,21H,5-8,10H2,(H,17,19)(H,18,22)/t14-/m1/s1. The lowest BCUT2D eigenvalue weighted by Crippen LogP contribution is -2.30. The number of hydrogen-bond donors (Lipinski definition) is 3. The minimum Gasteiger partial charge on any atom is -0.392 e. The predicted molar refractivity (Wildman–Crippen MR) is 90.4 cm³/mol. The van der Waals surface area contributed by atoms with Gasteiger partial charge in [-0.1, -0.05) is 0 Å². The number of carbonyl (C=O) groups excluding carboxylic acids is 1. The average Bonchev–Trinajstić information content (AvgIpc) is 3.27. The van der Waals surface area contributed by atoms with Crippen LogP contribution in [0.2, 0.25) is 0 Å². The average molecular weight is 364 g/mol. The maximum absolute atomic E-state index is 12.5. The number of H-pyrrole nitrogens is 1. The van der Waals surface area contributed by atoms with Gasteiger partial charge in [0.05, 0.1) is 17.3 Å². The fraction of sp³-hybridized carbons (Fsp3) is 0.375. The number of benzene rings is 1. The summed E-state index contributed by atoms with van der Waals surface area (Å²) in [7, 11) is -3.63. The second kappa shape index (κ2) is 7.34. The van der Waals surface area contributed by atoms with Crippen LogP contribution in [0.15, 0.2) is 41.7 Å². The number of nitrogens with zero attached hydrogens (tertiary/aromatic N) is 2. The summed E-state index contributed by atoms with van der Waals surface area (Å²) in [4.78, 5) is 19.1. The molecule has 1 saturated heterocycles. The van der Waals surface area contributed by atoms with Crippen LogP contribution in [0.3, 0.4) is 0 Å². The molecule has 0 radical (unpaired) electrons. The number of sulfonamides is 1. The first-order chi connectivity index (χ1) is 12.0. The molecule has 8 nitrogen and oxygen atoms in total. The lowest BCUT2D eigenvalue weighted by atomic mass is 10.2. The minimum absolute atomic E-state index is 0.109. The van der Waals surface area contributed by atoms with E-state index < -0.39 is 16.1 Å². The van der Waals surface area contributed by atoms with Crippen LogP contribution < -0.4 is 5.32 Å². The number of aliphatic hydroxyl groups is 1. The molecule has 1 atom stereocenters. The first kappa shape index (κ1) is 17.6. The molecule has 3 N–H and O–H groups in total. The summed E-state index contributed by atoms with van der Waals surface area (Å²) in [5.74, 6) is -0.264. The van der Waals surface area contributed by atoms with Crippen molar-refractivity contribution in [2.45, 2.75) is 23.8 Å². The lowest BCUT2D eigenvalue weighted by molar-refractivity contribution is 0.0954. The zero-order valence-electron chi connectivity index (χ0n) is 13.6. The SMILES string of the molecule is O=C(NCCc1cnc[nH]1)c1ccc(S(=O)(=O)N2CC[C@@H](O)C2)cc1. The Balaban J connectivity index is 1.60. The highest BCUT2D eigenvalue weighted by Crippen LogP contribution is 2.21. The first-order valence-corrected chi connectivity index (χ1v) is 9.44. The van der Waals surface area contributed by atoms with Gasteiger partial charge >= 0.3 is 0 Å². The number of aromatic amines is 1. The Morgan fingerprint density at radius 3 is 2.72 bits per heavy atom. The Bertz CT molecular complexity index is 818. The van der Waals surface area contributed by atoms with Crippen LogP contribution in [0.4, 0.5) is 0 Å². The van der Waals surface area contributed by atoms with Crippen molar-refractivity contribution in [1.29, 1.82) is 0 Å². The van der Waals surface area contributed by atoms with E-state index in [1.165, 1.54) is 28.6 Å². The normalized spacial score (nSPS) is 18.4. The Morgan fingerprint density at radius 2 is 2.12 bits per heavy atom. The molecule has 9 heteroatoms. The molecule has 2 heterocycles. The smallest absolute Gasteiger partial charge is 0.251 e. The number of imidazole rings is 1. The number of aromatic nitrogens is 2. The molecule has 0 unspecified atom stereocenters. The summed E-state index contributed by atoms with van der Waals surface area (Å²) in [6.07, 6.45) is 3.73. The summed E-state index contributed by atoms with van der Waals surface area (Å²) < 4.78 is 26.2. The molecule has 134 valence electrons. The van der Waals surface area contributed by atoms with Gasteiger partial charge in [-0.25, -0.2) is 13.4 Å². The predicted octanol–water partition coefficient (Wildman–Crippen LogP) is 0.138. The van der Waals surface area contributed by atoms with Crippen LogP contribution in [0.5, 0.6) is 0 Å². The van der Waals surface area contributed by atoms with Crippen molar-refractivity contribution in [3.05, 3.63) is 48.0 Å². The Morgan fingerprint density at radius 1 is 1.36 bits per heavy atom. The number of nitrogens with one attached hydrogen (secondary N) is 2. The van der Waals surface area contributed by atoms with Crippen LogP contribution in [0.1, 0.15) is 22.5 Å². The summed E-state index contributed by atoms with van der Waals surface area (Å²) in [6, 6.07) is 5.82. The van der Waals surface area contributed by atoms with Gasteiger partial charge in [-0.3, -0.25) is 4.79 Å². The highest BCUT2D eigenvalue weighted by molar-refractivity contribution is 7.89. The number of aliphatic hydroxyl groups excluding tert-OH is 1. The number of carbonyl (C=O) groups is 1. The van der Waals surface area contributed by atoms with Crippen LogP contribution in [0, 0.1) is 0 Å². The molecule has 0 saturated carbocycles. The van der Waals surface area contributed by atoms with Gasteiger partial charge < -0.3 is 15.4 Å². The Labute approximate surface area is 145 Å². The number of rotatable bonds is 6. The van der Waals surface area contributed by atoms with Gasteiger partial charge in [0.25, 0.3) is 5.91 Å². The lowest BCUT2D eigenvalue weighted by Gasteiger charge is -2.15. The van der Waals surface area contributed by atoms with Crippen molar-refractivity contribution in [3.63, 3.8) is 0 Å². The first-order valence-electron chi connectivity index (χ1n) is 8.00. The molecule has 0 bridgehead atoms. The second-order valence-electron chi connectivity index (χ2n) is 5.91. The van der Waals surface area contributed by atoms with Crippen molar-refractivity contribution in [1.82, 2.24) is 19.6 Å². The van der Waals surface area contributed by atoms with Crippen molar-refractivity contribution in [3.8, 4) is 0 Å². The van der Waals surface area contributed by atoms with E-state index in [1.807, 2.05) is 0 Å². The molecule has 1 aliphatic heterocycles. The summed E-state index contributed by atoms with van der Waals surface area (Å²) >= 11 is 0. The van der Waals surface area contributed by atoms with Crippen molar-refractivity contribution >= 4 is 15.9 Å². The van der Waals surface area contributed by atoms with Gasteiger partial charge in [-0.05, 0) is 30.7 Å². The van der Waals surface area contributed by atoms with Crippen LogP contribution in [-0.4, -0.2) is 59.4 Å². The minimum atomic E-state index is -3.63. The molecular weight excluding hydrogens is 344 g/mol. The van der Waals surface area contributed by atoms with Crippen LogP contribution in [0.25, 0.3) is 0 Å². The number of β-amino-alcohol motifs (C(OH)–C–C–N with tert-alkyl or cyclic N) is 1. The maximum atomic E-state index is 12.5. The summed E-state index contributed by atoms with van der Waals surface area (Å²) in [5.41, 5.74) is 1.32. The molecule has 2 aromatic rings. The highest BCUT2D eigenvalue weighted by atomic mass is 32.2. The van der Waals surface area contributed by atoms with E-state index in [1.54, 1.807) is 12.5 Å². The quantitative estimate of drug-likeness (QED) is 0.674. The molecule has 25 heavy (non-hydrogen) atoms. The van der Waals surface area contributed by atoms with Gasteiger partial charge in [-0.15, -0.1) is 0 Å². The van der Waals surface area contributed by atoms with Crippen molar-refractivity contribution in [2.75, 3.05) is 19.6 Å². The monoisotopic (exact) mass is 364 g/mol. The molecule has 1 fully saturated rings. The topological polar surface area (TPSA) is 115 Å². The van der Waals surface area contributed by atoms with Gasteiger partial charge in [0.15, 0.2) is 0 Å². The third-order valence-electron chi connectivity index (χ3n) is 4.12. The van der Waals surface area contributed by atoms with Gasteiger partial charge in [-0.2, -0.15) is 4.31 Å². The molecule has 1 amide bonds. The number of hydrogen-bond acceptors (Lipinski definition) is 5. The fourth-order valence-electron chi connectivity index (χ4n) is 2.69. The van der Waals surface area contributed by atoms with Gasteiger partial charge in [0.1, 0.15) is 0 Å². The Hall–Kier alpha value is -2.23. The summed E-state index contributed by atoms with van der Waals surface area (Å²) in [6.45, 7) is 0.865. The van der Waals surface area contributed by atoms with Crippen molar-refractivity contribution in [2.24, 2.45) is 0 Å². The zero-order valence-corrected chi connectivity index (χ0v) is 14.4. The molecule has 1 aliphatic rings. The van der Waals surface area contributed by atoms with E-state index in [0.29, 0.717) is 31.5 Å². The van der Waals surface area contributed by atoms with Gasteiger partial charge in [0, 0.05) is 43.5 Å². The largest absolute Gasteiger partial charge is 0.392 e. The molecule has 1 aromatic carbocycles. The third kappa shape index (κ3) is 4.06. The second-order valence-corrected chi connectivity index (χ2v) is 7.85. The molecule has 1 aromatic heterocycles. The van der Waals surface area contributed by atoms with E-state index >= 15 is 0 Å². The van der Waals surface area contributed by atoms with E-state index in [4.69, 9.17) is 0 Å². The molecule has 3 rings (SSSR count). The summed E-state index contributed by atoms with van der Waals surface area (Å²) in [5, 5.41) is 12.3. The van der Waals surface area contributed by atoms with Gasteiger partial charge in [0.2, 0.25) is 10.0 Å². The van der Waals surface area contributed by atoms with E-state index in [0.717, 1.165) is 5.69 Å². The van der Waals surface area contributed by atoms with E-state index in [9.17, 15) is 18.3 Å². The highest BCUT2D eigenvalue weighted by Gasteiger charge is 2.31. The van der Waals surface area contributed by atoms with E-state index in [2.05, 4.69) is 15.3 Å². The zero-order chi connectivity index (χ0) is 17.9. The fourth-order valence-corrected chi connectivity index (χ4v) is 4.18. The molecule has 0 aliphatic carbocycles. The molecular formula is C16H20N4O4S. The van der Waals surface area contributed by atoms with Crippen LogP contribution in [-0.2, 0) is 16.4 Å².